The van der Waals surface area contributed by atoms with Crippen LogP contribution in [-0.4, -0.2) is 44.1 Å². The Balaban J connectivity index is 1.86. The largest absolute Gasteiger partial charge is 0.508 e. The Morgan fingerprint density at radius 3 is 2.42 bits per heavy atom. The van der Waals surface area contributed by atoms with Crippen LogP contribution >= 0.6 is 0 Å². The van der Waals surface area contributed by atoms with Gasteiger partial charge in [0, 0.05) is 5.54 Å². The lowest BCUT2D eigenvalue weighted by molar-refractivity contribution is -0.128. The summed E-state index contributed by atoms with van der Waals surface area (Å²) in [4.78, 5) is 29.6. The number of aromatic hydroxyl groups is 1. The van der Waals surface area contributed by atoms with E-state index >= 15 is 0 Å². The fraction of sp³-hybridized carbons (Fsp3) is 0.310. The van der Waals surface area contributed by atoms with Crippen LogP contribution < -0.4 is 15.0 Å². The first kappa shape index (κ1) is 26.7. The standard InChI is InChI=1S/C29H33N5O4/c1-5-29(3,4)30-28(37)27(20-15-17-21(35)18-16-20)34(24-13-9-10-14-25(24)38-6-2)26(36)19-33-23-12-8-7-11-22(23)31-32-33/h7-18,27,35H,5-6,19H2,1-4H3,(H,30,37)/t27-/m0/s1. The molecule has 0 fully saturated rings. The Morgan fingerprint density at radius 2 is 1.71 bits per heavy atom. The predicted octanol–water partition coefficient (Wildman–Crippen LogP) is 4.61. The Morgan fingerprint density at radius 1 is 1.03 bits per heavy atom. The highest BCUT2D eigenvalue weighted by atomic mass is 16.5. The summed E-state index contributed by atoms with van der Waals surface area (Å²) >= 11 is 0. The molecule has 0 aliphatic rings. The molecule has 0 unspecified atom stereocenters. The lowest BCUT2D eigenvalue weighted by Gasteiger charge is -2.35. The highest BCUT2D eigenvalue weighted by Crippen LogP contribution is 2.36. The van der Waals surface area contributed by atoms with E-state index in [1.54, 1.807) is 30.3 Å². The van der Waals surface area contributed by atoms with Gasteiger partial charge in [0.2, 0.25) is 11.8 Å². The van der Waals surface area contributed by atoms with Gasteiger partial charge in [-0.1, -0.05) is 48.5 Å². The molecule has 2 N–H and O–H groups in total. The number of phenols is 1. The number of fused-ring (bicyclic) bond motifs is 1. The predicted molar refractivity (Wildman–Crippen MR) is 146 cm³/mol. The molecule has 0 aliphatic carbocycles. The van der Waals surface area contributed by atoms with E-state index in [4.69, 9.17) is 4.74 Å². The maximum absolute atomic E-state index is 14.2. The zero-order valence-corrected chi connectivity index (χ0v) is 22.1. The van der Waals surface area contributed by atoms with Gasteiger partial charge < -0.3 is 15.2 Å². The van der Waals surface area contributed by atoms with Gasteiger partial charge >= 0.3 is 0 Å². The maximum Gasteiger partial charge on any atom is 0.249 e. The molecule has 1 atom stereocenters. The number of phenolic OH excluding ortho intramolecular Hbond substituents is 1. The number of hydrogen-bond acceptors (Lipinski definition) is 6. The van der Waals surface area contributed by atoms with Crippen LogP contribution in [0.4, 0.5) is 5.69 Å². The van der Waals surface area contributed by atoms with Gasteiger partial charge in [0.1, 0.15) is 29.6 Å². The highest BCUT2D eigenvalue weighted by molar-refractivity contribution is 6.02. The average Bonchev–Trinajstić information content (AvgIpc) is 3.31. The minimum atomic E-state index is -1.05. The molecule has 4 rings (SSSR count). The van der Waals surface area contributed by atoms with Gasteiger partial charge in [-0.15, -0.1) is 5.10 Å². The van der Waals surface area contributed by atoms with Crippen molar-refractivity contribution in [2.24, 2.45) is 0 Å². The van der Waals surface area contributed by atoms with Crippen LogP contribution in [-0.2, 0) is 16.1 Å². The molecular weight excluding hydrogens is 482 g/mol. The summed E-state index contributed by atoms with van der Waals surface area (Å²) in [5.74, 6) is -0.206. The number of carbonyl (C=O) groups excluding carboxylic acids is 2. The van der Waals surface area contributed by atoms with E-state index in [9.17, 15) is 14.7 Å². The number of ether oxygens (including phenoxy) is 1. The quantitative estimate of drug-likeness (QED) is 0.319. The minimum Gasteiger partial charge on any atom is -0.508 e. The van der Waals surface area contributed by atoms with Crippen LogP contribution in [0.5, 0.6) is 11.5 Å². The number of hydrogen-bond donors (Lipinski definition) is 2. The molecule has 3 aromatic carbocycles. The zero-order valence-electron chi connectivity index (χ0n) is 22.1. The lowest BCUT2D eigenvalue weighted by Crippen LogP contribution is -2.51. The van der Waals surface area contributed by atoms with Crippen molar-refractivity contribution in [1.82, 2.24) is 20.3 Å². The van der Waals surface area contributed by atoms with E-state index in [1.165, 1.54) is 21.7 Å². The number of nitrogens with one attached hydrogen (secondary N) is 1. The molecule has 0 saturated heterocycles. The van der Waals surface area contributed by atoms with Gasteiger partial charge in [0.25, 0.3) is 0 Å². The van der Waals surface area contributed by atoms with Gasteiger partial charge in [-0.3, -0.25) is 14.5 Å². The van der Waals surface area contributed by atoms with Crippen molar-refractivity contribution >= 4 is 28.5 Å². The van der Waals surface area contributed by atoms with Crippen molar-refractivity contribution in [1.29, 1.82) is 0 Å². The topological polar surface area (TPSA) is 110 Å². The second-order valence-corrected chi connectivity index (χ2v) is 9.62. The van der Waals surface area contributed by atoms with Gasteiger partial charge in [0.05, 0.1) is 17.8 Å². The number of anilines is 1. The van der Waals surface area contributed by atoms with Crippen molar-refractivity contribution < 1.29 is 19.4 Å². The van der Waals surface area contributed by atoms with E-state index in [0.29, 0.717) is 41.1 Å². The van der Waals surface area contributed by atoms with Crippen LogP contribution in [0.3, 0.4) is 0 Å². The third-order valence-corrected chi connectivity index (χ3v) is 6.46. The fourth-order valence-electron chi connectivity index (χ4n) is 4.15. The van der Waals surface area contributed by atoms with E-state index in [1.807, 2.05) is 58.0 Å². The van der Waals surface area contributed by atoms with Crippen molar-refractivity contribution in [2.75, 3.05) is 11.5 Å². The SMILES string of the molecule is CCOc1ccccc1N(C(=O)Cn1nnc2ccccc21)[C@H](C(=O)NC(C)(C)CC)c1ccc(O)cc1. The van der Waals surface area contributed by atoms with Crippen LogP contribution in [0.25, 0.3) is 11.0 Å². The second-order valence-electron chi connectivity index (χ2n) is 9.62. The molecule has 198 valence electrons. The first-order valence-corrected chi connectivity index (χ1v) is 12.7. The van der Waals surface area contributed by atoms with Gasteiger partial charge in [-0.05, 0) is 69.2 Å². The summed E-state index contributed by atoms with van der Waals surface area (Å²) in [5, 5.41) is 21.4. The molecule has 0 saturated carbocycles. The van der Waals surface area contributed by atoms with Gasteiger partial charge in [-0.2, -0.15) is 0 Å². The van der Waals surface area contributed by atoms with Crippen LogP contribution in [0.1, 0.15) is 45.7 Å². The van der Waals surface area contributed by atoms with Gasteiger partial charge in [0.15, 0.2) is 0 Å². The number of nitrogens with zero attached hydrogens (tertiary/aromatic N) is 4. The van der Waals surface area contributed by atoms with E-state index in [0.717, 1.165) is 0 Å². The summed E-state index contributed by atoms with van der Waals surface area (Å²) in [6.45, 7) is 7.93. The molecule has 1 aromatic heterocycles. The average molecular weight is 516 g/mol. The molecule has 0 aliphatic heterocycles. The van der Waals surface area contributed by atoms with E-state index < -0.39 is 11.6 Å². The smallest absolute Gasteiger partial charge is 0.249 e. The number of carbonyl (C=O) groups is 2. The molecule has 4 aromatic rings. The van der Waals surface area contributed by atoms with Crippen molar-refractivity contribution in [3.8, 4) is 11.5 Å². The third kappa shape index (κ3) is 5.77. The normalized spacial score (nSPS) is 12.2. The number of aromatic nitrogens is 3. The van der Waals surface area contributed by atoms with Crippen LogP contribution in [0.15, 0.2) is 72.8 Å². The Bertz CT molecular complexity index is 1410. The Kier molecular flexibility index (Phi) is 7.95. The van der Waals surface area contributed by atoms with E-state index in [-0.39, 0.29) is 24.1 Å². The van der Waals surface area contributed by atoms with E-state index in [2.05, 4.69) is 15.6 Å². The summed E-state index contributed by atoms with van der Waals surface area (Å²) in [6, 6.07) is 19.8. The molecule has 9 nitrogen and oxygen atoms in total. The monoisotopic (exact) mass is 515 g/mol. The molecule has 0 spiro atoms. The molecule has 1 heterocycles. The fourth-order valence-corrected chi connectivity index (χ4v) is 4.15. The Hall–Kier alpha value is -4.40. The molecule has 2 amide bonds. The lowest BCUT2D eigenvalue weighted by atomic mass is 9.98. The number of rotatable bonds is 10. The molecular formula is C29H33N5O4. The van der Waals surface area contributed by atoms with Gasteiger partial charge in [-0.25, -0.2) is 4.68 Å². The molecule has 38 heavy (non-hydrogen) atoms. The summed E-state index contributed by atoms with van der Waals surface area (Å²) in [5.41, 5.74) is 1.85. The third-order valence-electron chi connectivity index (χ3n) is 6.46. The highest BCUT2D eigenvalue weighted by Gasteiger charge is 2.36. The maximum atomic E-state index is 14.2. The second kappa shape index (κ2) is 11.3. The number of benzene rings is 3. The molecule has 9 heteroatoms. The van der Waals surface area contributed by atoms with Crippen LogP contribution in [0, 0.1) is 0 Å². The van der Waals surface area contributed by atoms with Crippen molar-refractivity contribution in [2.45, 2.75) is 52.2 Å². The minimum absolute atomic E-state index is 0.0588. The molecule has 0 radical (unpaired) electrons. The zero-order chi connectivity index (χ0) is 27.3. The molecule has 0 bridgehead atoms. The summed E-state index contributed by atoms with van der Waals surface area (Å²) < 4.78 is 7.40. The summed E-state index contributed by atoms with van der Waals surface area (Å²) in [7, 11) is 0. The first-order valence-electron chi connectivity index (χ1n) is 12.7. The van der Waals surface area contributed by atoms with Crippen molar-refractivity contribution in [3.05, 3.63) is 78.4 Å². The Labute approximate surface area is 222 Å². The first-order chi connectivity index (χ1) is 18.2. The number of amides is 2. The number of para-hydroxylation sites is 3. The summed E-state index contributed by atoms with van der Waals surface area (Å²) in [6.07, 6.45) is 0.690. The van der Waals surface area contributed by atoms with Crippen LogP contribution in [0.2, 0.25) is 0 Å². The van der Waals surface area contributed by atoms with Crippen molar-refractivity contribution in [3.63, 3.8) is 0 Å².